The fraction of sp³-hybridized carbons (Fsp3) is 0.0435. The molecule has 0 aliphatic carbocycles. The standard InChI is InChI=1S/C23H13F3OS/c24-23(25,26)17-8-10-18(11-9-17)28(27)20-13-7-16-5-4-14-2-1-3-15-6-12-19(20)22(16)21(14)15/h1-13H. The Bertz CT molecular complexity index is 1340. The minimum absolute atomic E-state index is 0.350. The third kappa shape index (κ3) is 2.58. The Kier molecular flexibility index (Phi) is 3.71. The van der Waals surface area contributed by atoms with Crippen LogP contribution in [0.3, 0.4) is 0 Å². The molecule has 0 aliphatic rings. The molecule has 138 valence electrons. The molecule has 0 fully saturated rings. The van der Waals surface area contributed by atoms with Crippen LogP contribution in [-0.4, -0.2) is 4.21 Å². The highest BCUT2D eigenvalue weighted by molar-refractivity contribution is 7.85. The molecular formula is C23H13F3OS. The van der Waals surface area contributed by atoms with E-state index in [9.17, 15) is 17.4 Å². The Labute approximate surface area is 161 Å². The summed E-state index contributed by atoms with van der Waals surface area (Å²) in [4.78, 5) is 0.952. The minimum atomic E-state index is -4.41. The van der Waals surface area contributed by atoms with E-state index in [4.69, 9.17) is 0 Å². The first kappa shape index (κ1) is 17.2. The number of rotatable bonds is 2. The van der Waals surface area contributed by atoms with E-state index in [1.165, 1.54) is 12.1 Å². The van der Waals surface area contributed by atoms with Crippen LogP contribution in [0.15, 0.2) is 88.7 Å². The normalized spacial score (nSPS) is 13.5. The first-order valence-corrected chi connectivity index (χ1v) is 9.84. The van der Waals surface area contributed by atoms with Crippen LogP contribution in [0.2, 0.25) is 0 Å². The summed E-state index contributed by atoms with van der Waals surface area (Å²) in [5.41, 5.74) is -0.747. The Balaban J connectivity index is 1.71. The summed E-state index contributed by atoms with van der Waals surface area (Å²) in [5.74, 6) is 0. The smallest absolute Gasteiger partial charge is 0.249 e. The van der Waals surface area contributed by atoms with E-state index < -0.39 is 22.5 Å². The van der Waals surface area contributed by atoms with Gasteiger partial charge in [-0.15, -0.1) is 0 Å². The Morgan fingerprint density at radius 1 is 0.643 bits per heavy atom. The largest absolute Gasteiger partial charge is 0.416 e. The van der Waals surface area contributed by atoms with E-state index in [0.717, 1.165) is 44.5 Å². The summed E-state index contributed by atoms with van der Waals surface area (Å²) in [6.07, 6.45) is -4.41. The number of hydrogen-bond donors (Lipinski definition) is 0. The van der Waals surface area contributed by atoms with Gasteiger partial charge in [-0.3, -0.25) is 0 Å². The summed E-state index contributed by atoms with van der Waals surface area (Å²) in [6, 6.07) is 22.4. The molecule has 0 amide bonds. The molecule has 5 heteroatoms. The lowest BCUT2D eigenvalue weighted by Crippen LogP contribution is -2.05. The molecule has 0 aromatic heterocycles. The zero-order chi connectivity index (χ0) is 19.5. The molecule has 1 nitrogen and oxygen atoms in total. The first-order valence-electron chi connectivity index (χ1n) is 8.69. The zero-order valence-electron chi connectivity index (χ0n) is 14.5. The van der Waals surface area contributed by atoms with Crippen molar-refractivity contribution in [2.24, 2.45) is 0 Å². The van der Waals surface area contributed by atoms with Crippen LogP contribution in [-0.2, 0) is 17.0 Å². The first-order chi connectivity index (χ1) is 13.4. The summed E-state index contributed by atoms with van der Waals surface area (Å²) in [6.45, 7) is 0. The molecule has 5 rings (SSSR count). The summed E-state index contributed by atoms with van der Waals surface area (Å²) in [5, 5.41) is 6.27. The number of hydrogen-bond acceptors (Lipinski definition) is 1. The fourth-order valence-corrected chi connectivity index (χ4v) is 4.96. The van der Waals surface area contributed by atoms with Gasteiger partial charge in [-0.25, -0.2) is 4.21 Å². The number of benzene rings is 5. The van der Waals surface area contributed by atoms with Crippen molar-refractivity contribution in [3.8, 4) is 0 Å². The molecule has 5 aromatic rings. The molecule has 0 N–H and O–H groups in total. The van der Waals surface area contributed by atoms with E-state index in [1.54, 1.807) is 6.07 Å². The second-order valence-electron chi connectivity index (χ2n) is 6.71. The van der Waals surface area contributed by atoms with Crippen LogP contribution in [0.25, 0.3) is 32.3 Å². The van der Waals surface area contributed by atoms with Gasteiger partial charge in [0.25, 0.3) is 0 Å². The lowest BCUT2D eigenvalue weighted by molar-refractivity contribution is -0.137. The van der Waals surface area contributed by atoms with Crippen LogP contribution < -0.4 is 0 Å². The van der Waals surface area contributed by atoms with Crippen molar-refractivity contribution in [2.75, 3.05) is 0 Å². The van der Waals surface area contributed by atoms with Gasteiger partial charge in [0.15, 0.2) is 0 Å². The Hall–Kier alpha value is -2.92. The maximum absolute atomic E-state index is 13.2. The highest BCUT2D eigenvalue weighted by Crippen LogP contribution is 2.38. The molecule has 0 radical (unpaired) electrons. The molecule has 0 bridgehead atoms. The lowest BCUT2D eigenvalue weighted by Gasteiger charge is -2.14. The molecule has 1 atom stereocenters. The van der Waals surface area contributed by atoms with E-state index in [1.807, 2.05) is 42.5 Å². The number of halogens is 3. The van der Waals surface area contributed by atoms with Gasteiger partial charge in [0.2, 0.25) is 0 Å². The summed E-state index contributed by atoms with van der Waals surface area (Å²) >= 11 is 0. The van der Waals surface area contributed by atoms with Crippen molar-refractivity contribution >= 4 is 43.1 Å². The van der Waals surface area contributed by atoms with E-state index in [0.29, 0.717) is 9.79 Å². The molecule has 0 spiro atoms. The van der Waals surface area contributed by atoms with Gasteiger partial charge in [0.05, 0.1) is 21.3 Å². The van der Waals surface area contributed by atoms with Crippen molar-refractivity contribution in [1.82, 2.24) is 0 Å². The molecule has 0 saturated carbocycles. The predicted molar refractivity (Wildman–Crippen MR) is 106 cm³/mol. The third-order valence-electron chi connectivity index (χ3n) is 5.08. The maximum Gasteiger partial charge on any atom is 0.416 e. The molecule has 5 aromatic carbocycles. The second-order valence-corrected chi connectivity index (χ2v) is 8.16. The SMILES string of the molecule is O=S(c1ccc(C(F)(F)F)cc1)c1ccc2ccc3cccc4ccc1c2c34. The fourth-order valence-electron chi connectivity index (χ4n) is 3.76. The van der Waals surface area contributed by atoms with Crippen LogP contribution in [0.4, 0.5) is 13.2 Å². The van der Waals surface area contributed by atoms with E-state index >= 15 is 0 Å². The Morgan fingerprint density at radius 3 is 1.86 bits per heavy atom. The van der Waals surface area contributed by atoms with Crippen molar-refractivity contribution < 1.29 is 17.4 Å². The van der Waals surface area contributed by atoms with Crippen molar-refractivity contribution in [3.05, 3.63) is 84.4 Å². The molecule has 0 aliphatic heterocycles. The predicted octanol–water partition coefficient (Wildman–Crippen LogP) is 6.77. The molecule has 1 unspecified atom stereocenters. The van der Waals surface area contributed by atoms with Gasteiger partial charge >= 0.3 is 6.18 Å². The van der Waals surface area contributed by atoms with Gasteiger partial charge in [-0.05, 0) is 62.6 Å². The van der Waals surface area contributed by atoms with Gasteiger partial charge in [0.1, 0.15) is 0 Å². The van der Waals surface area contributed by atoms with Crippen molar-refractivity contribution in [1.29, 1.82) is 0 Å². The topological polar surface area (TPSA) is 17.1 Å². The monoisotopic (exact) mass is 394 g/mol. The summed E-state index contributed by atoms with van der Waals surface area (Å²) in [7, 11) is -1.58. The second kappa shape index (κ2) is 6.04. The molecular weight excluding hydrogens is 381 g/mol. The van der Waals surface area contributed by atoms with Gasteiger partial charge in [0, 0.05) is 4.90 Å². The molecule has 28 heavy (non-hydrogen) atoms. The number of alkyl halides is 3. The van der Waals surface area contributed by atoms with Gasteiger partial charge < -0.3 is 0 Å². The minimum Gasteiger partial charge on any atom is -0.249 e. The van der Waals surface area contributed by atoms with Crippen molar-refractivity contribution in [3.63, 3.8) is 0 Å². The highest BCUT2D eigenvalue weighted by atomic mass is 32.2. The molecule has 0 heterocycles. The van der Waals surface area contributed by atoms with Crippen LogP contribution in [0.1, 0.15) is 5.56 Å². The zero-order valence-corrected chi connectivity index (χ0v) is 15.3. The average Bonchev–Trinajstić information content (AvgIpc) is 2.71. The van der Waals surface area contributed by atoms with Crippen LogP contribution in [0, 0.1) is 0 Å². The summed E-state index contributed by atoms with van der Waals surface area (Å²) < 4.78 is 51.6. The maximum atomic E-state index is 13.2. The van der Waals surface area contributed by atoms with E-state index in [-0.39, 0.29) is 0 Å². The Morgan fingerprint density at radius 2 is 1.21 bits per heavy atom. The quantitative estimate of drug-likeness (QED) is 0.302. The van der Waals surface area contributed by atoms with E-state index in [2.05, 4.69) is 6.07 Å². The van der Waals surface area contributed by atoms with Crippen molar-refractivity contribution in [2.45, 2.75) is 16.0 Å². The average molecular weight is 394 g/mol. The third-order valence-corrected chi connectivity index (χ3v) is 6.54. The molecule has 0 saturated heterocycles. The van der Waals surface area contributed by atoms with Crippen LogP contribution in [0.5, 0.6) is 0 Å². The lowest BCUT2D eigenvalue weighted by atomic mass is 9.94. The van der Waals surface area contributed by atoms with Gasteiger partial charge in [-0.2, -0.15) is 13.2 Å². The highest BCUT2D eigenvalue weighted by Gasteiger charge is 2.30. The van der Waals surface area contributed by atoms with Gasteiger partial charge in [-0.1, -0.05) is 48.5 Å². The van der Waals surface area contributed by atoms with Crippen LogP contribution >= 0.6 is 0 Å².